The van der Waals surface area contributed by atoms with Crippen LogP contribution in [0.4, 0.5) is 0 Å². The summed E-state index contributed by atoms with van der Waals surface area (Å²) in [4.78, 5) is 9.52. The lowest BCUT2D eigenvalue weighted by atomic mass is 10.1. The third kappa shape index (κ3) is 6.84. The first kappa shape index (κ1) is 21.2. The molecule has 25 heavy (non-hydrogen) atoms. The van der Waals surface area contributed by atoms with Crippen molar-refractivity contribution in [1.82, 2.24) is 20.4 Å². The van der Waals surface area contributed by atoms with Crippen LogP contribution >= 0.6 is 24.0 Å². The van der Waals surface area contributed by atoms with Gasteiger partial charge in [0.15, 0.2) is 5.96 Å². The molecule has 2 N–H and O–H groups in total. The van der Waals surface area contributed by atoms with Gasteiger partial charge in [0.05, 0.1) is 12.7 Å². The highest BCUT2D eigenvalue weighted by atomic mass is 127. The average Bonchev–Trinajstić information content (AvgIpc) is 2.91. The second-order valence-electron chi connectivity index (χ2n) is 7.35. The number of nitrogens with one attached hydrogen (secondary N) is 2. The van der Waals surface area contributed by atoms with Crippen LogP contribution in [0.3, 0.4) is 0 Å². The average molecular weight is 465 g/mol. The smallest absolute Gasteiger partial charge is 0.191 e. The summed E-state index contributed by atoms with van der Waals surface area (Å²) < 4.78 is 6.03. The first-order valence-corrected chi connectivity index (χ1v) is 9.87. The van der Waals surface area contributed by atoms with E-state index in [1.54, 1.807) is 0 Å². The molecule has 2 bridgehead atoms. The summed E-state index contributed by atoms with van der Waals surface area (Å²) in [6.07, 6.45) is 8.37. The third-order valence-electron chi connectivity index (χ3n) is 5.67. The first-order chi connectivity index (χ1) is 11.8. The lowest BCUT2D eigenvalue weighted by Gasteiger charge is -2.47. The maximum Gasteiger partial charge on any atom is 0.191 e. The van der Waals surface area contributed by atoms with Crippen molar-refractivity contribution in [1.29, 1.82) is 0 Å². The predicted molar refractivity (Wildman–Crippen MR) is 114 cm³/mol. The van der Waals surface area contributed by atoms with E-state index in [1.165, 1.54) is 71.2 Å². The highest BCUT2D eigenvalue weighted by molar-refractivity contribution is 14.0. The molecule has 3 aliphatic heterocycles. The second-order valence-corrected chi connectivity index (χ2v) is 7.35. The predicted octanol–water partition coefficient (Wildman–Crippen LogP) is 1.51. The van der Waals surface area contributed by atoms with Crippen LogP contribution in [0.25, 0.3) is 0 Å². The summed E-state index contributed by atoms with van der Waals surface area (Å²) in [5, 5.41) is 6.88. The van der Waals surface area contributed by atoms with Crippen molar-refractivity contribution in [3.8, 4) is 0 Å². The third-order valence-corrected chi connectivity index (χ3v) is 5.67. The van der Waals surface area contributed by atoms with Gasteiger partial charge >= 0.3 is 0 Å². The van der Waals surface area contributed by atoms with E-state index in [4.69, 9.17) is 4.74 Å². The van der Waals surface area contributed by atoms with Crippen LogP contribution < -0.4 is 10.6 Å². The van der Waals surface area contributed by atoms with Gasteiger partial charge in [0.25, 0.3) is 0 Å². The molecule has 0 aromatic carbocycles. The van der Waals surface area contributed by atoms with Crippen molar-refractivity contribution in [3.63, 3.8) is 0 Å². The minimum atomic E-state index is 0. The maximum atomic E-state index is 6.03. The molecule has 1 aliphatic carbocycles. The van der Waals surface area contributed by atoms with Crippen LogP contribution in [0.1, 0.15) is 38.5 Å². The van der Waals surface area contributed by atoms with Gasteiger partial charge in [-0.1, -0.05) is 25.7 Å². The Hall–Kier alpha value is -0.120. The molecule has 146 valence electrons. The molecular formula is C18H36IN5O. The maximum absolute atomic E-state index is 6.03. The Bertz CT molecular complexity index is 393. The van der Waals surface area contributed by atoms with Crippen molar-refractivity contribution in [2.45, 2.75) is 50.7 Å². The van der Waals surface area contributed by atoms with Gasteiger partial charge in [-0.25, -0.2) is 0 Å². The Morgan fingerprint density at radius 2 is 1.76 bits per heavy atom. The quantitative estimate of drug-likeness (QED) is 0.205. The van der Waals surface area contributed by atoms with Gasteiger partial charge in [-0.15, -0.1) is 24.0 Å². The molecule has 4 rings (SSSR count). The summed E-state index contributed by atoms with van der Waals surface area (Å²) in [7, 11) is 1.85. The highest BCUT2D eigenvalue weighted by Gasteiger charge is 2.31. The molecule has 4 fully saturated rings. The lowest BCUT2D eigenvalue weighted by Crippen LogP contribution is -2.63. The summed E-state index contributed by atoms with van der Waals surface area (Å²) in [6, 6.07) is 0.619. The van der Waals surface area contributed by atoms with Crippen LogP contribution in [0.15, 0.2) is 4.99 Å². The molecule has 6 nitrogen and oxygen atoms in total. The number of hydrogen-bond acceptors (Lipinski definition) is 4. The van der Waals surface area contributed by atoms with E-state index in [0.29, 0.717) is 12.1 Å². The number of fused-ring (bicyclic) bond motifs is 3. The minimum Gasteiger partial charge on any atom is -0.376 e. The van der Waals surface area contributed by atoms with E-state index < -0.39 is 0 Å². The normalized spacial score (nSPS) is 30.4. The molecular weight excluding hydrogens is 429 g/mol. The molecule has 0 radical (unpaired) electrons. The van der Waals surface area contributed by atoms with Crippen molar-refractivity contribution in [2.75, 3.05) is 59.5 Å². The highest BCUT2D eigenvalue weighted by Crippen LogP contribution is 2.19. The Kier molecular flexibility index (Phi) is 9.80. The Balaban J connectivity index is 0.00000225. The molecule has 1 unspecified atom stereocenters. The molecule has 0 aromatic rings. The van der Waals surface area contributed by atoms with E-state index in [1.807, 2.05) is 7.05 Å². The molecule has 3 saturated heterocycles. The van der Waals surface area contributed by atoms with Crippen molar-refractivity contribution >= 4 is 29.9 Å². The van der Waals surface area contributed by atoms with Crippen molar-refractivity contribution < 1.29 is 4.74 Å². The SMILES string of the molecule is CN=C(NCCOC1CCCCCC1)NCC1CN2CCN1CC2.I. The standard InChI is InChI=1S/C18H35N5O.HI/c1-19-18(20-8-13-24-17-6-4-2-3-5-7-17)21-14-16-15-22-9-11-23(16)12-10-22;/h16-17H,2-15H2,1H3,(H2,19,20,21);1H. The van der Waals surface area contributed by atoms with E-state index >= 15 is 0 Å². The summed E-state index contributed by atoms with van der Waals surface area (Å²) in [6.45, 7) is 8.67. The molecule has 4 aliphatic rings. The second kappa shape index (κ2) is 11.6. The molecule has 1 atom stereocenters. The van der Waals surface area contributed by atoms with Crippen molar-refractivity contribution in [2.24, 2.45) is 4.99 Å². The van der Waals surface area contributed by atoms with Crippen LogP contribution in [0.2, 0.25) is 0 Å². The van der Waals surface area contributed by atoms with Crippen LogP contribution in [0.5, 0.6) is 0 Å². The first-order valence-electron chi connectivity index (χ1n) is 9.87. The van der Waals surface area contributed by atoms with Gasteiger partial charge in [0.2, 0.25) is 0 Å². The number of nitrogens with zero attached hydrogens (tertiary/aromatic N) is 3. The summed E-state index contributed by atoms with van der Waals surface area (Å²) in [5.74, 6) is 0.900. The molecule has 7 heteroatoms. The number of piperazine rings is 3. The number of ether oxygens (including phenoxy) is 1. The lowest BCUT2D eigenvalue weighted by molar-refractivity contribution is 0.0153. The fourth-order valence-electron chi connectivity index (χ4n) is 4.16. The van der Waals surface area contributed by atoms with Gasteiger partial charge < -0.3 is 15.4 Å². The van der Waals surface area contributed by atoms with Crippen LogP contribution in [0, 0.1) is 0 Å². The fraction of sp³-hybridized carbons (Fsp3) is 0.944. The number of hydrogen-bond donors (Lipinski definition) is 2. The zero-order valence-corrected chi connectivity index (χ0v) is 18.0. The number of aliphatic imine (C=N–C) groups is 1. The van der Waals surface area contributed by atoms with Gasteiger partial charge in [0.1, 0.15) is 0 Å². The Morgan fingerprint density at radius 1 is 1.04 bits per heavy atom. The molecule has 1 saturated carbocycles. The molecule has 0 aromatic heterocycles. The van der Waals surface area contributed by atoms with Crippen LogP contribution in [-0.4, -0.2) is 87.4 Å². The van der Waals surface area contributed by atoms with E-state index in [9.17, 15) is 0 Å². The van der Waals surface area contributed by atoms with Gasteiger partial charge in [0, 0.05) is 58.9 Å². The zero-order valence-electron chi connectivity index (χ0n) is 15.7. The summed E-state index contributed by atoms with van der Waals surface area (Å²) >= 11 is 0. The van der Waals surface area contributed by atoms with Gasteiger partial charge in [-0.05, 0) is 12.8 Å². The summed E-state index contributed by atoms with van der Waals surface area (Å²) in [5.41, 5.74) is 0. The zero-order chi connectivity index (χ0) is 16.6. The van der Waals surface area contributed by atoms with E-state index in [0.717, 1.165) is 25.7 Å². The van der Waals surface area contributed by atoms with E-state index in [-0.39, 0.29) is 24.0 Å². The monoisotopic (exact) mass is 465 g/mol. The van der Waals surface area contributed by atoms with Crippen LogP contribution in [-0.2, 0) is 4.74 Å². The van der Waals surface area contributed by atoms with Crippen molar-refractivity contribution in [3.05, 3.63) is 0 Å². The minimum absolute atomic E-state index is 0. The number of guanidine groups is 1. The molecule has 0 amide bonds. The van der Waals surface area contributed by atoms with Gasteiger partial charge in [-0.3, -0.25) is 14.8 Å². The molecule has 3 heterocycles. The topological polar surface area (TPSA) is 52.1 Å². The Morgan fingerprint density at radius 3 is 2.36 bits per heavy atom. The molecule has 0 spiro atoms. The Labute approximate surface area is 170 Å². The van der Waals surface area contributed by atoms with Gasteiger partial charge in [-0.2, -0.15) is 0 Å². The number of halogens is 1. The van der Waals surface area contributed by atoms with E-state index in [2.05, 4.69) is 25.4 Å². The number of rotatable bonds is 6. The largest absolute Gasteiger partial charge is 0.376 e. The fourth-order valence-corrected chi connectivity index (χ4v) is 4.16.